The smallest absolute Gasteiger partial charge is 0.231 e. The number of nitrogens with one attached hydrogen (secondary N) is 1. The molecule has 1 heterocycles. The van der Waals surface area contributed by atoms with Crippen LogP contribution >= 0.6 is 0 Å². The molecule has 1 N–H and O–H groups in total. The van der Waals surface area contributed by atoms with E-state index in [1.165, 1.54) is 5.56 Å². The van der Waals surface area contributed by atoms with Crippen LogP contribution in [0.3, 0.4) is 0 Å². The van der Waals surface area contributed by atoms with E-state index in [2.05, 4.69) is 12.2 Å². The van der Waals surface area contributed by atoms with Gasteiger partial charge in [0.25, 0.3) is 0 Å². The van der Waals surface area contributed by atoms with Crippen LogP contribution in [0.4, 0.5) is 0 Å². The molecule has 0 fully saturated rings. The van der Waals surface area contributed by atoms with E-state index in [4.69, 9.17) is 14.2 Å². The van der Waals surface area contributed by atoms with Gasteiger partial charge in [-0.1, -0.05) is 6.07 Å². The highest BCUT2D eigenvalue weighted by atomic mass is 16.7. The summed E-state index contributed by atoms with van der Waals surface area (Å²) < 4.78 is 15.6. The van der Waals surface area contributed by atoms with E-state index < -0.39 is 0 Å². The van der Waals surface area contributed by atoms with Crippen molar-refractivity contribution in [1.82, 2.24) is 5.32 Å². The molecule has 1 aromatic rings. The molecule has 2 rings (SSSR count). The first-order valence-corrected chi connectivity index (χ1v) is 5.40. The van der Waals surface area contributed by atoms with Crippen LogP contribution in [-0.2, 0) is 11.3 Å². The van der Waals surface area contributed by atoms with Crippen LogP contribution in [0, 0.1) is 0 Å². The third kappa shape index (κ3) is 2.65. The molecule has 0 bridgehead atoms. The molecule has 1 atom stereocenters. The fourth-order valence-electron chi connectivity index (χ4n) is 1.65. The van der Waals surface area contributed by atoms with Gasteiger partial charge in [0.05, 0.1) is 6.61 Å². The van der Waals surface area contributed by atoms with Gasteiger partial charge < -0.3 is 19.5 Å². The third-order valence-electron chi connectivity index (χ3n) is 2.51. The predicted molar refractivity (Wildman–Crippen MR) is 60.7 cm³/mol. The van der Waals surface area contributed by atoms with Crippen LogP contribution in [-0.4, -0.2) is 26.6 Å². The van der Waals surface area contributed by atoms with E-state index in [1.807, 2.05) is 18.2 Å². The van der Waals surface area contributed by atoms with Crippen LogP contribution < -0.4 is 14.8 Å². The van der Waals surface area contributed by atoms with Gasteiger partial charge in [0.2, 0.25) is 6.79 Å². The van der Waals surface area contributed by atoms with Crippen LogP contribution in [0.25, 0.3) is 0 Å². The Hall–Kier alpha value is -1.26. The van der Waals surface area contributed by atoms with Crippen molar-refractivity contribution in [3.8, 4) is 11.5 Å². The van der Waals surface area contributed by atoms with E-state index >= 15 is 0 Å². The monoisotopic (exact) mass is 223 g/mol. The molecule has 0 aliphatic carbocycles. The summed E-state index contributed by atoms with van der Waals surface area (Å²) in [5.41, 5.74) is 1.19. The van der Waals surface area contributed by atoms with Gasteiger partial charge in [-0.05, 0) is 24.6 Å². The van der Waals surface area contributed by atoms with Crippen molar-refractivity contribution in [3.63, 3.8) is 0 Å². The summed E-state index contributed by atoms with van der Waals surface area (Å²) in [7, 11) is 1.71. The van der Waals surface area contributed by atoms with Gasteiger partial charge in [-0.25, -0.2) is 0 Å². The van der Waals surface area contributed by atoms with Crippen molar-refractivity contribution in [2.75, 3.05) is 20.5 Å². The van der Waals surface area contributed by atoms with Gasteiger partial charge in [-0.2, -0.15) is 0 Å². The second-order valence-corrected chi connectivity index (χ2v) is 3.92. The molecule has 4 nitrogen and oxygen atoms in total. The minimum Gasteiger partial charge on any atom is -0.454 e. The van der Waals surface area contributed by atoms with Crippen molar-refractivity contribution in [2.45, 2.75) is 19.5 Å². The molecule has 1 aliphatic heterocycles. The SMILES string of the molecule is COC[C@@H](C)NCc1ccc2c(c1)OCO2. The van der Waals surface area contributed by atoms with E-state index in [-0.39, 0.29) is 0 Å². The maximum absolute atomic E-state index is 5.32. The number of benzene rings is 1. The van der Waals surface area contributed by atoms with E-state index in [9.17, 15) is 0 Å². The maximum atomic E-state index is 5.32. The molecular formula is C12H17NO3. The largest absolute Gasteiger partial charge is 0.454 e. The molecule has 0 saturated heterocycles. The molecular weight excluding hydrogens is 206 g/mol. The van der Waals surface area contributed by atoms with Crippen LogP contribution in [0.5, 0.6) is 11.5 Å². The fourth-order valence-corrected chi connectivity index (χ4v) is 1.65. The number of methoxy groups -OCH3 is 1. The van der Waals surface area contributed by atoms with Gasteiger partial charge in [0.1, 0.15) is 0 Å². The molecule has 0 saturated carbocycles. The summed E-state index contributed by atoms with van der Waals surface area (Å²) in [5.74, 6) is 1.66. The second-order valence-electron chi connectivity index (χ2n) is 3.92. The van der Waals surface area contributed by atoms with E-state index in [1.54, 1.807) is 7.11 Å². The quantitative estimate of drug-likeness (QED) is 0.822. The fraction of sp³-hybridized carbons (Fsp3) is 0.500. The van der Waals surface area contributed by atoms with Gasteiger partial charge in [0.15, 0.2) is 11.5 Å². The predicted octanol–water partition coefficient (Wildman–Crippen LogP) is 1.54. The lowest BCUT2D eigenvalue weighted by Gasteiger charge is -2.12. The molecule has 4 heteroatoms. The average Bonchev–Trinajstić information content (AvgIpc) is 2.74. The first-order chi connectivity index (χ1) is 7.79. The summed E-state index contributed by atoms with van der Waals surface area (Å²) in [4.78, 5) is 0. The zero-order chi connectivity index (χ0) is 11.4. The lowest BCUT2D eigenvalue weighted by atomic mass is 10.2. The Morgan fingerprint density at radius 2 is 2.19 bits per heavy atom. The van der Waals surface area contributed by atoms with Crippen molar-refractivity contribution in [2.24, 2.45) is 0 Å². The topological polar surface area (TPSA) is 39.7 Å². The molecule has 0 spiro atoms. The molecule has 88 valence electrons. The normalized spacial score (nSPS) is 15.1. The van der Waals surface area contributed by atoms with Crippen LogP contribution in [0.15, 0.2) is 18.2 Å². The summed E-state index contributed by atoms with van der Waals surface area (Å²) >= 11 is 0. The highest BCUT2D eigenvalue weighted by Crippen LogP contribution is 2.32. The Bertz CT molecular complexity index is 354. The Morgan fingerprint density at radius 1 is 1.38 bits per heavy atom. The molecule has 0 radical (unpaired) electrons. The van der Waals surface area contributed by atoms with Gasteiger partial charge >= 0.3 is 0 Å². The third-order valence-corrected chi connectivity index (χ3v) is 2.51. The van der Waals surface area contributed by atoms with Crippen molar-refractivity contribution < 1.29 is 14.2 Å². The first kappa shape index (κ1) is 11.2. The summed E-state index contributed by atoms with van der Waals surface area (Å²) in [6, 6.07) is 6.34. The second kappa shape index (κ2) is 5.18. The number of fused-ring (bicyclic) bond motifs is 1. The maximum Gasteiger partial charge on any atom is 0.231 e. The first-order valence-electron chi connectivity index (χ1n) is 5.40. The Kier molecular flexibility index (Phi) is 3.64. The Labute approximate surface area is 95.5 Å². The number of ether oxygens (including phenoxy) is 3. The van der Waals surface area contributed by atoms with Crippen LogP contribution in [0.2, 0.25) is 0 Å². The summed E-state index contributed by atoms with van der Waals surface area (Å²) in [5, 5.41) is 3.37. The summed E-state index contributed by atoms with van der Waals surface area (Å²) in [6.07, 6.45) is 0. The van der Waals surface area contributed by atoms with Crippen LogP contribution in [0.1, 0.15) is 12.5 Å². The van der Waals surface area contributed by atoms with Crippen molar-refractivity contribution in [1.29, 1.82) is 0 Å². The molecule has 1 aliphatic rings. The molecule has 0 amide bonds. The van der Waals surface area contributed by atoms with Crippen molar-refractivity contribution in [3.05, 3.63) is 23.8 Å². The van der Waals surface area contributed by atoms with Gasteiger partial charge in [-0.15, -0.1) is 0 Å². The van der Waals surface area contributed by atoms with E-state index in [0.29, 0.717) is 19.4 Å². The number of hydrogen-bond acceptors (Lipinski definition) is 4. The Balaban J connectivity index is 1.90. The zero-order valence-corrected chi connectivity index (χ0v) is 9.66. The molecule has 0 aromatic heterocycles. The highest BCUT2D eigenvalue weighted by molar-refractivity contribution is 5.44. The summed E-state index contributed by atoms with van der Waals surface area (Å²) in [6.45, 7) is 3.94. The standard InChI is InChI=1S/C12H17NO3/c1-9(7-14-2)13-6-10-3-4-11-12(5-10)16-8-15-11/h3-5,9,13H,6-8H2,1-2H3/t9-/m1/s1. The number of hydrogen-bond donors (Lipinski definition) is 1. The highest BCUT2D eigenvalue weighted by Gasteiger charge is 2.13. The molecule has 0 unspecified atom stereocenters. The van der Waals surface area contributed by atoms with Crippen molar-refractivity contribution >= 4 is 0 Å². The zero-order valence-electron chi connectivity index (χ0n) is 9.66. The van der Waals surface area contributed by atoms with E-state index in [0.717, 1.165) is 18.0 Å². The van der Waals surface area contributed by atoms with Gasteiger partial charge in [0, 0.05) is 19.7 Å². The Morgan fingerprint density at radius 3 is 3.00 bits per heavy atom. The average molecular weight is 223 g/mol. The molecule has 1 aromatic carbocycles. The number of rotatable bonds is 5. The molecule has 16 heavy (non-hydrogen) atoms. The lowest BCUT2D eigenvalue weighted by molar-refractivity contribution is 0.171. The lowest BCUT2D eigenvalue weighted by Crippen LogP contribution is -2.29. The minimum absolute atomic E-state index is 0.326. The van der Waals surface area contributed by atoms with Gasteiger partial charge in [-0.3, -0.25) is 0 Å². The minimum atomic E-state index is 0.326.